The van der Waals surface area contributed by atoms with Crippen molar-refractivity contribution in [2.75, 3.05) is 0 Å². The fraction of sp³-hybridized carbons (Fsp3) is 0. The number of furan rings is 1. The predicted octanol–water partition coefficient (Wildman–Crippen LogP) is 33.6. The first-order valence-electron chi connectivity index (χ1n) is 44.0. The Labute approximate surface area is 747 Å². The molecule has 0 aliphatic carbocycles. The van der Waals surface area contributed by atoms with Gasteiger partial charge in [0.1, 0.15) is 5.58 Å². The van der Waals surface area contributed by atoms with Gasteiger partial charge in [-0.1, -0.05) is 261 Å². The van der Waals surface area contributed by atoms with E-state index in [0.717, 1.165) is 38.7 Å². The molecule has 602 valence electrons. The number of aromatic nitrogens is 6. The van der Waals surface area contributed by atoms with Gasteiger partial charge < -0.3 is 31.8 Å². The van der Waals surface area contributed by atoms with Gasteiger partial charge in [0.05, 0.1) is 70.9 Å². The van der Waals surface area contributed by atoms with Crippen molar-refractivity contribution >= 4 is 216 Å². The summed E-state index contributed by atoms with van der Waals surface area (Å²) in [5.41, 5.74) is 28.3. The zero-order valence-corrected chi connectivity index (χ0v) is 71.3. The largest absolute Gasteiger partial charge is 0.454 e. The van der Waals surface area contributed by atoms with E-state index < -0.39 is 0 Å². The van der Waals surface area contributed by atoms with Crippen LogP contribution < -0.4 is 0 Å². The van der Waals surface area contributed by atoms with Gasteiger partial charge in [0, 0.05) is 145 Å². The van der Waals surface area contributed by atoms with E-state index in [-0.39, 0.29) is 0 Å². The molecule has 0 radical (unpaired) electrons. The van der Waals surface area contributed by atoms with E-state index in [9.17, 15) is 0 Å². The van der Waals surface area contributed by atoms with Crippen molar-refractivity contribution in [1.82, 2.24) is 27.4 Å². The van der Waals surface area contributed by atoms with Crippen molar-refractivity contribution in [3.05, 3.63) is 449 Å². The van der Waals surface area contributed by atoms with Gasteiger partial charge >= 0.3 is 0 Å². The lowest BCUT2D eigenvalue weighted by Crippen LogP contribution is -1.95. The summed E-state index contributed by atoms with van der Waals surface area (Å²) in [7, 11) is 0. The lowest BCUT2D eigenvalue weighted by atomic mass is 10.0. The minimum Gasteiger partial charge on any atom is -0.454 e. The van der Waals surface area contributed by atoms with Crippen LogP contribution in [0.1, 0.15) is 0 Å². The summed E-state index contributed by atoms with van der Waals surface area (Å²) < 4.78 is 26.3. The molecule has 0 saturated heterocycles. The van der Waals surface area contributed by atoms with Crippen LogP contribution in [0.5, 0.6) is 0 Å². The van der Waals surface area contributed by atoms with Crippen LogP contribution in [0.15, 0.2) is 453 Å². The van der Waals surface area contributed by atoms with Crippen molar-refractivity contribution in [2.24, 2.45) is 0 Å². The quantitative estimate of drug-likeness (QED) is 0.149. The molecule has 129 heavy (non-hydrogen) atoms. The number of hydrogen-bond donors (Lipinski definition) is 0. The minimum atomic E-state index is 0.911. The number of rotatable bonds is 8. The van der Waals surface area contributed by atoms with Crippen LogP contribution in [0.4, 0.5) is 0 Å². The monoisotopic (exact) mass is 1680 g/mol. The molecule has 0 amide bonds. The zero-order chi connectivity index (χ0) is 84.5. The number of fused-ring (bicyclic) bond motifs is 29. The zero-order valence-electron chi connectivity index (χ0n) is 69.6. The van der Waals surface area contributed by atoms with Crippen LogP contribution in [0, 0.1) is 0 Å². The summed E-state index contributed by atoms with van der Waals surface area (Å²) in [5, 5.41) is 22.7. The van der Waals surface area contributed by atoms with E-state index in [0.29, 0.717) is 0 Å². The minimum absolute atomic E-state index is 0.911. The Bertz CT molecular complexity index is 9400. The maximum absolute atomic E-state index is 6.58. The van der Waals surface area contributed by atoms with Crippen molar-refractivity contribution in [2.45, 2.75) is 0 Å². The summed E-state index contributed by atoms with van der Waals surface area (Å²) in [6.45, 7) is 0. The van der Waals surface area contributed by atoms with Gasteiger partial charge in [-0.15, -0.1) is 22.7 Å². The highest BCUT2D eigenvalue weighted by atomic mass is 32.1. The van der Waals surface area contributed by atoms with Crippen LogP contribution in [0.2, 0.25) is 0 Å². The average molecular weight is 1680 g/mol. The van der Waals surface area contributed by atoms with Gasteiger partial charge in [-0.25, -0.2) is 0 Å². The molecular weight excluding hydrogens is 1610 g/mol. The first kappa shape index (κ1) is 72.9. The number of hydrogen-bond acceptors (Lipinski definition) is 3. The van der Waals surface area contributed by atoms with Gasteiger partial charge in [-0.3, -0.25) is 0 Å². The maximum atomic E-state index is 6.58. The van der Waals surface area contributed by atoms with Crippen LogP contribution in [-0.4, -0.2) is 27.4 Å². The van der Waals surface area contributed by atoms with E-state index in [1.165, 1.54) is 211 Å². The molecule has 29 aromatic rings. The summed E-state index contributed by atoms with van der Waals surface area (Å²) in [6, 6.07) is 163. The highest BCUT2D eigenvalue weighted by Gasteiger charge is 2.26. The molecule has 7 nitrogen and oxygen atoms in total. The molecule has 0 aliphatic heterocycles. The molecule has 9 aromatic heterocycles. The van der Waals surface area contributed by atoms with Crippen LogP contribution >= 0.6 is 22.7 Å². The molecule has 0 spiro atoms. The molecule has 0 bridgehead atoms. The van der Waals surface area contributed by atoms with Crippen molar-refractivity contribution in [3.8, 4) is 56.4 Å². The van der Waals surface area contributed by atoms with Crippen LogP contribution in [-0.2, 0) is 0 Å². The van der Waals surface area contributed by atoms with Gasteiger partial charge in [0.25, 0.3) is 0 Å². The lowest BCUT2D eigenvalue weighted by molar-refractivity contribution is 0.671. The topological polar surface area (TPSA) is 42.7 Å². The molecule has 0 aliphatic rings. The molecule has 9 heteroatoms. The molecule has 9 heterocycles. The second-order valence-electron chi connectivity index (χ2n) is 33.7. The molecule has 20 aromatic carbocycles. The Morgan fingerprint density at radius 2 is 0.465 bits per heavy atom. The fourth-order valence-corrected chi connectivity index (χ4v) is 23.4. The highest BCUT2D eigenvalue weighted by Crippen LogP contribution is 2.49. The van der Waals surface area contributed by atoms with Crippen molar-refractivity contribution < 1.29 is 4.42 Å². The molecular formula is C120H74N6OS2. The molecule has 29 rings (SSSR count). The Balaban J connectivity index is 0.000000100. The molecule has 0 saturated carbocycles. The first-order chi connectivity index (χ1) is 64.0. The fourth-order valence-electron chi connectivity index (χ4n) is 21.0. The molecule has 0 fully saturated rings. The van der Waals surface area contributed by atoms with Gasteiger partial charge in [-0.05, 0) is 210 Å². The van der Waals surface area contributed by atoms with Crippen molar-refractivity contribution in [3.63, 3.8) is 0 Å². The van der Waals surface area contributed by atoms with E-state index in [1.807, 2.05) is 28.7 Å². The van der Waals surface area contributed by atoms with E-state index in [1.54, 1.807) is 0 Å². The number of thiophene rings is 2. The Morgan fingerprint density at radius 3 is 0.953 bits per heavy atom. The van der Waals surface area contributed by atoms with Crippen molar-refractivity contribution in [1.29, 1.82) is 0 Å². The van der Waals surface area contributed by atoms with Gasteiger partial charge in [-0.2, -0.15) is 0 Å². The van der Waals surface area contributed by atoms with E-state index in [4.69, 9.17) is 4.42 Å². The smallest absolute Gasteiger partial charge is 0.160 e. The summed E-state index contributed by atoms with van der Waals surface area (Å²) in [4.78, 5) is 0. The second kappa shape index (κ2) is 29.0. The summed E-state index contributed by atoms with van der Waals surface area (Å²) >= 11 is 3.78. The standard InChI is InChI=1S/C42H26N2O.C42H26N2S.C36H22N2S/c1-3-11-29(12-4-1)43-37-17-9-7-15-31(37)35-25-27(19-23-38(35)43)28-20-24-39-36(26-28)33-21-22-34-32-16-8-10-18-40(32)45-42(34)41(33)44(39)30-13-5-2-6-14-30;1-3-11-29(12-4-1)43-37-17-9-7-15-31(37)33-23-27(19-21-38(33)43)28-20-22-39-34(24-28)35-26-42-36(32-16-8-10-18-41(32)45-42)25-40(35)44(39)30-13-5-2-6-14-30;1-2-10-23(11-3-1)38-33-21-18-24(37-31-15-7-4-12-25(31)26-13-5-8-16-32(26)37)22-30(33)28-19-20-29-27-14-6-9-17-34(27)39-36(29)35(28)38/h2*1-26H;1-22H. The van der Waals surface area contributed by atoms with Crippen LogP contribution in [0.25, 0.3) is 249 Å². The maximum Gasteiger partial charge on any atom is 0.160 e. The van der Waals surface area contributed by atoms with E-state index >= 15 is 0 Å². The Kier molecular flexibility index (Phi) is 16.4. The number of benzene rings is 20. The SMILES string of the molecule is c1ccc(-n2c3ccc(-n4c5ccccc5c5ccccc54)cc3c3ccc4c5ccccc5sc4c32)cc1.c1ccc(-n2c3ccccc3c3cc(-c4ccc5c(c4)c4cc6sc7ccccc7c6cc4n5-c4ccccc4)ccc32)cc1.c1ccc(-n2c3ccccc3c3cc(-c4ccc5c(c4)c4ccc6c7ccccc7oc6c4n5-c4ccccc4)ccc32)cc1. The lowest BCUT2D eigenvalue weighted by Gasteiger charge is -2.10. The summed E-state index contributed by atoms with van der Waals surface area (Å²) in [6.07, 6.45) is 0. The molecule has 0 atom stereocenters. The number of nitrogens with zero attached hydrogens (tertiary/aromatic N) is 6. The Hall–Kier alpha value is -16.6. The molecule has 0 N–H and O–H groups in total. The highest BCUT2D eigenvalue weighted by molar-refractivity contribution is 7.27. The third kappa shape index (κ3) is 11.3. The van der Waals surface area contributed by atoms with E-state index in [2.05, 4.69) is 470 Å². The third-order valence-electron chi connectivity index (χ3n) is 26.7. The van der Waals surface area contributed by atoms with Gasteiger partial charge in [0.15, 0.2) is 5.58 Å². The normalized spacial score (nSPS) is 12.0. The average Bonchev–Trinajstić information content (AvgIpc) is 1.56. The predicted molar refractivity (Wildman–Crippen MR) is 549 cm³/mol. The molecule has 0 unspecified atom stereocenters. The first-order valence-corrected chi connectivity index (χ1v) is 45.6. The number of para-hydroxylation sites is 10. The summed E-state index contributed by atoms with van der Waals surface area (Å²) in [5.74, 6) is 0. The third-order valence-corrected chi connectivity index (χ3v) is 29.0. The second-order valence-corrected chi connectivity index (χ2v) is 35.9. The Morgan fingerprint density at radius 1 is 0.155 bits per heavy atom. The van der Waals surface area contributed by atoms with Crippen LogP contribution in [0.3, 0.4) is 0 Å². The van der Waals surface area contributed by atoms with Gasteiger partial charge in [0.2, 0.25) is 0 Å².